The molecule has 1 aliphatic carbocycles. The highest BCUT2D eigenvalue weighted by Crippen LogP contribution is 2.29. The van der Waals surface area contributed by atoms with E-state index in [1.54, 1.807) is 0 Å². The molecular formula is C15H30N2. The minimum absolute atomic E-state index is 0.799. The molecule has 0 aromatic heterocycles. The van der Waals surface area contributed by atoms with Gasteiger partial charge in [0.1, 0.15) is 0 Å². The standard InChI is InChI=1S/C15H30N2/c1-4-16-15-7-5-6-14(15)11-17-9-12(2)8-13(3)10-17/h12-16H,4-11H2,1-3H3. The third-order valence-electron chi connectivity index (χ3n) is 4.56. The highest BCUT2D eigenvalue weighted by Gasteiger charge is 2.30. The molecule has 1 saturated carbocycles. The first-order valence-electron chi connectivity index (χ1n) is 7.64. The molecule has 1 heterocycles. The van der Waals surface area contributed by atoms with Crippen molar-refractivity contribution < 1.29 is 0 Å². The van der Waals surface area contributed by atoms with E-state index >= 15 is 0 Å². The first kappa shape index (κ1) is 13.4. The molecule has 0 aromatic carbocycles. The number of rotatable bonds is 4. The van der Waals surface area contributed by atoms with E-state index in [1.165, 1.54) is 45.3 Å². The van der Waals surface area contributed by atoms with E-state index in [0.717, 1.165) is 30.3 Å². The quantitative estimate of drug-likeness (QED) is 0.810. The Balaban J connectivity index is 1.82. The molecule has 0 spiro atoms. The molecule has 2 aliphatic rings. The van der Waals surface area contributed by atoms with Crippen LogP contribution in [0.1, 0.15) is 46.5 Å². The van der Waals surface area contributed by atoms with Gasteiger partial charge in [-0.15, -0.1) is 0 Å². The summed E-state index contributed by atoms with van der Waals surface area (Å²) in [5.74, 6) is 2.71. The van der Waals surface area contributed by atoms with Crippen LogP contribution in [0.3, 0.4) is 0 Å². The van der Waals surface area contributed by atoms with Crippen LogP contribution in [0.25, 0.3) is 0 Å². The van der Waals surface area contributed by atoms with Crippen molar-refractivity contribution in [2.45, 2.75) is 52.5 Å². The summed E-state index contributed by atoms with van der Waals surface area (Å²) in [6.07, 6.45) is 5.70. The zero-order chi connectivity index (χ0) is 12.3. The van der Waals surface area contributed by atoms with Crippen LogP contribution < -0.4 is 5.32 Å². The lowest BCUT2D eigenvalue weighted by Gasteiger charge is -2.37. The Kier molecular flexibility index (Phi) is 4.87. The fourth-order valence-corrected chi connectivity index (χ4v) is 4.06. The summed E-state index contributed by atoms with van der Waals surface area (Å²) in [6, 6.07) is 0.799. The van der Waals surface area contributed by atoms with Crippen LogP contribution in [0.4, 0.5) is 0 Å². The second-order valence-electron chi connectivity index (χ2n) is 6.52. The van der Waals surface area contributed by atoms with Crippen molar-refractivity contribution in [2.24, 2.45) is 17.8 Å². The number of nitrogens with zero attached hydrogens (tertiary/aromatic N) is 1. The fourth-order valence-electron chi connectivity index (χ4n) is 4.06. The van der Waals surface area contributed by atoms with Gasteiger partial charge in [0.05, 0.1) is 0 Å². The zero-order valence-corrected chi connectivity index (χ0v) is 11.9. The molecule has 2 heteroatoms. The predicted molar refractivity (Wildman–Crippen MR) is 74.2 cm³/mol. The van der Waals surface area contributed by atoms with E-state index in [1.807, 2.05) is 0 Å². The maximum absolute atomic E-state index is 3.68. The lowest BCUT2D eigenvalue weighted by Crippen LogP contribution is -2.44. The molecule has 1 aliphatic heterocycles. The summed E-state index contributed by atoms with van der Waals surface area (Å²) in [5, 5.41) is 3.68. The van der Waals surface area contributed by atoms with Crippen molar-refractivity contribution in [3.8, 4) is 0 Å². The molecule has 2 rings (SSSR count). The lowest BCUT2D eigenvalue weighted by atomic mass is 9.90. The van der Waals surface area contributed by atoms with Crippen molar-refractivity contribution in [2.75, 3.05) is 26.2 Å². The van der Waals surface area contributed by atoms with Gasteiger partial charge in [0.15, 0.2) is 0 Å². The van der Waals surface area contributed by atoms with Gasteiger partial charge < -0.3 is 10.2 Å². The van der Waals surface area contributed by atoms with E-state index in [2.05, 4.69) is 31.0 Å². The minimum Gasteiger partial charge on any atom is -0.314 e. The Morgan fingerprint density at radius 1 is 1.12 bits per heavy atom. The van der Waals surface area contributed by atoms with Gasteiger partial charge in [-0.05, 0) is 43.6 Å². The van der Waals surface area contributed by atoms with Crippen LogP contribution in [0.2, 0.25) is 0 Å². The van der Waals surface area contributed by atoms with Crippen molar-refractivity contribution in [3.05, 3.63) is 0 Å². The van der Waals surface area contributed by atoms with Crippen molar-refractivity contribution in [3.63, 3.8) is 0 Å². The molecule has 100 valence electrons. The number of hydrogen-bond donors (Lipinski definition) is 1. The molecule has 0 bridgehead atoms. The van der Waals surface area contributed by atoms with Crippen LogP contribution in [-0.4, -0.2) is 37.1 Å². The molecule has 1 N–H and O–H groups in total. The second-order valence-corrected chi connectivity index (χ2v) is 6.52. The van der Waals surface area contributed by atoms with Gasteiger partial charge in [-0.1, -0.05) is 27.2 Å². The van der Waals surface area contributed by atoms with Crippen molar-refractivity contribution >= 4 is 0 Å². The van der Waals surface area contributed by atoms with Gasteiger partial charge >= 0.3 is 0 Å². The summed E-state index contributed by atoms with van der Waals surface area (Å²) >= 11 is 0. The first-order valence-corrected chi connectivity index (χ1v) is 7.64. The molecule has 4 atom stereocenters. The molecule has 0 aromatic rings. The Morgan fingerprint density at radius 2 is 1.82 bits per heavy atom. The van der Waals surface area contributed by atoms with Crippen LogP contribution in [0, 0.1) is 17.8 Å². The summed E-state index contributed by atoms with van der Waals surface area (Å²) in [6.45, 7) is 12.2. The number of piperidine rings is 1. The van der Waals surface area contributed by atoms with Gasteiger partial charge in [-0.25, -0.2) is 0 Å². The van der Waals surface area contributed by atoms with Crippen LogP contribution >= 0.6 is 0 Å². The van der Waals surface area contributed by atoms with Crippen molar-refractivity contribution in [1.82, 2.24) is 10.2 Å². The smallest absolute Gasteiger partial charge is 0.0107 e. The maximum atomic E-state index is 3.68. The topological polar surface area (TPSA) is 15.3 Å². The van der Waals surface area contributed by atoms with Gasteiger partial charge in [0, 0.05) is 25.7 Å². The van der Waals surface area contributed by atoms with Gasteiger partial charge in [-0.3, -0.25) is 0 Å². The number of hydrogen-bond acceptors (Lipinski definition) is 2. The monoisotopic (exact) mass is 238 g/mol. The van der Waals surface area contributed by atoms with E-state index in [-0.39, 0.29) is 0 Å². The van der Waals surface area contributed by atoms with E-state index < -0.39 is 0 Å². The summed E-state index contributed by atoms with van der Waals surface area (Å²) in [5.41, 5.74) is 0. The van der Waals surface area contributed by atoms with Gasteiger partial charge in [0.25, 0.3) is 0 Å². The first-order chi connectivity index (χ1) is 8.19. The molecular weight excluding hydrogens is 208 g/mol. The largest absolute Gasteiger partial charge is 0.314 e. The average molecular weight is 238 g/mol. The molecule has 4 unspecified atom stereocenters. The van der Waals surface area contributed by atoms with Crippen molar-refractivity contribution in [1.29, 1.82) is 0 Å². The predicted octanol–water partition coefficient (Wildman–Crippen LogP) is 2.74. The van der Waals surface area contributed by atoms with Crippen LogP contribution in [0.5, 0.6) is 0 Å². The number of likely N-dealkylation sites (tertiary alicyclic amines) is 1. The third kappa shape index (κ3) is 3.69. The van der Waals surface area contributed by atoms with E-state index in [0.29, 0.717) is 0 Å². The maximum Gasteiger partial charge on any atom is 0.0107 e. The minimum atomic E-state index is 0.799. The van der Waals surface area contributed by atoms with E-state index in [9.17, 15) is 0 Å². The van der Waals surface area contributed by atoms with Crippen LogP contribution in [-0.2, 0) is 0 Å². The van der Waals surface area contributed by atoms with Gasteiger partial charge in [0.2, 0.25) is 0 Å². The molecule has 0 radical (unpaired) electrons. The Bertz CT molecular complexity index is 219. The number of nitrogens with one attached hydrogen (secondary N) is 1. The highest BCUT2D eigenvalue weighted by molar-refractivity contribution is 4.86. The van der Waals surface area contributed by atoms with Gasteiger partial charge in [-0.2, -0.15) is 0 Å². The highest BCUT2D eigenvalue weighted by atomic mass is 15.1. The second kappa shape index (κ2) is 6.19. The fraction of sp³-hybridized carbons (Fsp3) is 1.00. The lowest BCUT2D eigenvalue weighted by molar-refractivity contribution is 0.116. The summed E-state index contributed by atoms with van der Waals surface area (Å²) in [7, 11) is 0. The molecule has 1 saturated heterocycles. The Labute approximate surface area is 107 Å². The molecule has 2 fully saturated rings. The molecule has 2 nitrogen and oxygen atoms in total. The normalized spacial score (nSPS) is 39.7. The molecule has 0 amide bonds. The Hall–Kier alpha value is -0.0800. The Morgan fingerprint density at radius 3 is 2.47 bits per heavy atom. The SMILES string of the molecule is CCNC1CCCC1CN1CC(C)CC(C)C1. The zero-order valence-electron chi connectivity index (χ0n) is 11.9. The van der Waals surface area contributed by atoms with Crippen LogP contribution in [0.15, 0.2) is 0 Å². The summed E-state index contributed by atoms with van der Waals surface area (Å²) < 4.78 is 0. The third-order valence-corrected chi connectivity index (χ3v) is 4.56. The van der Waals surface area contributed by atoms with E-state index in [4.69, 9.17) is 0 Å². The molecule has 17 heavy (non-hydrogen) atoms. The summed E-state index contributed by atoms with van der Waals surface area (Å²) in [4.78, 5) is 2.74. The average Bonchev–Trinajstić information content (AvgIpc) is 2.65.